The van der Waals surface area contributed by atoms with E-state index < -0.39 is 0 Å². The van der Waals surface area contributed by atoms with Crippen LogP contribution in [0.2, 0.25) is 0 Å². The molecule has 0 radical (unpaired) electrons. The van der Waals surface area contributed by atoms with E-state index in [2.05, 4.69) is 5.32 Å². The molecule has 1 atom stereocenters. The Morgan fingerprint density at radius 1 is 1.11 bits per heavy atom. The first-order valence-electron chi connectivity index (χ1n) is 9.39. The van der Waals surface area contributed by atoms with Gasteiger partial charge >= 0.3 is 12.1 Å². The van der Waals surface area contributed by atoms with E-state index in [1.54, 1.807) is 9.80 Å². The lowest BCUT2D eigenvalue weighted by Gasteiger charge is -2.33. The minimum atomic E-state index is -0.357. The standard InChI is InChI=1S/C19H27N3O5/c1-25-19(24)22-11-9-21(10-12-22)18(23)20-15-5-7-16(8-6-15)27-14-17-4-2-3-13-26-17/h5-8,17H,2-4,9-14H2,1H3,(H,20,23)/t17-/m0/s1. The van der Waals surface area contributed by atoms with Crippen LogP contribution in [-0.4, -0.2) is 74.5 Å². The molecule has 2 aliphatic rings. The highest BCUT2D eigenvalue weighted by Crippen LogP contribution is 2.19. The van der Waals surface area contributed by atoms with Crippen molar-refractivity contribution in [2.45, 2.75) is 25.4 Å². The number of anilines is 1. The van der Waals surface area contributed by atoms with Crippen LogP contribution < -0.4 is 10.1 Å². The summed E-state index contributed by atoms with van der Waals surface area (Å²) in [5.74, 6) is 0.758. The monoisotopic (exact) mass is 377 g/mol. The number of amides is 3. The van der Waals surface area contributed by atoms with Gasteiger partial charge in [0, 0.05) is 38.5 Å². The molecule has 2 aliphatic heterocycles. The van der Waals surface area contributed by atoms with E-state index in [1.165, 1.54) is 13.5 Å². The molecule has 3 rings (SSSR count). The molecule has 1 aromatic carbocycles. The number of benzene rings is 1. The summed E-state index contributed by atoms with van der Waals surface area (Å²) in [7, 11) is 1.36. The van der Waals surface area contributed by atoms with Gasteiger partial charge < -0.3 is 29.3 Å². The zero-order valence-corrected chi connectivity index (χ0v) is 15.7. The Morgan fingerprint density at radius 3 is 2.44 bits per heavy atom. The van der Waals surface area contributed by atoms with Crippen molar-refractivity contribution in [2.75, 3.05) is 51.8 Å². The number of methoxy groups -OCH3 is 1. The zero-order valence-electron chi connectivity index (χ0n) is 15.7. The Hall–Kier alpha value is -2.48. The van der Waals surface area contributed by atoms with Crippen molar-refractivity contribution >= 4 is 17.8 Å². The molecule has 148 valence electrons. The molecule has 8 nitrogen and oxygen atoms in total. The Morgan fingerprint density at radius 2 is 1.81 bits per heavy atom. The van der Waals surface area contributed by atoms with Gasteiger partial charge in [0.05, 0.1) is 13.2 Å². The van der Waals surface area contributed by atoms with E-state index in [-0.39, 0.29) is 18.2 Å². The highest BCUT2D eigenvalue weighted by Gasteiger charge is 2.24. The van der Waals surface area contributed by atoms with Crippen molar-refractivity contribution in [1.82, 2.24) is 9.80 Å². The number of piperazine rings is 1. The summed E-state index contributed by atoms with van der Waals surface area (Å²) < 4.78 is 16.1. The minimum absolute atomic E-state index is 0.168. The summed E-state index contributed by atoms with van der Waals surface area (Å²) in [6.07, 6.45) is 3.17. The molecular weight excluding hydrogens is 350 g/mol. The van der Waals surface area contributed by atoms with Crippen molar-refractivity contribution in [2.24, 2.45) is 0 Å². The second-order valence-corrected chi connectivity index (χ2v) is 6.70. The highest BCUT2D eigenvalue weighted by molar-refractivity contribution is 5.89. The predicted octanol–water partition coefficient (Wildman–Crippen LogP) is 2.55. The summed E-state index contributed by atoms with van der Waals surface area (Å²) >= 11 is 0. The summed E-state index contributed by atoms with van der Waals surface area (Å²) in [5.41, 5.74) is 0.705. The van der Waals surface area contributed by atoms with Gasteiger partial charge in [-0.3, -0.25) is 0 Å². The van der Waals surface area contributed by atoms with E-state index in [9.17, 15) is 9.59 Å². The first kappa shape index (κ1) is 19.3. The summed E-state index contributed by atoms with van der Waals surface area (Å²) in [6.45, 7) is 3.25. The topological polar surface area (TPSA) is 80.3 Å². The Bertz CT molecular complexity index is 623. The average Bonchev–Trinajstić information content (AvgIpc) is 2.73. The normalized spacial score (nSPS) is 20.1. The summed E-state index contributed by atoms with van der Waals surface area (Å²) in [5, 5.41) is 2.87. The molecule has 1 N–H and O–H groups in total. The number of urea groups is 1. The Balaban J connectivity index is 1.42. The van der Waals surface area contributed by atoms with Crippen LogP contribution >= 0.6 is 0 Å². The van der Waals surface area contributed by atoms with Gasteiger partial charge in [-0.2, -0.15) is 0 Å². The quantitative estimate of drug-likeness (QED) is 0.872. The average molecular weight is 377 g/mol. The number of rotatable bonds is 4. The van der Waals surface area contributed by atoms with E-state index in [1.807, 2.05) is 24.3 Å². The fourth-order valence-corrected chi connectivity index (χ4v) is 3.19. The molecule has 3 amide bonds. The van der Waals surface area contributed by atoms with E-state index in [0.717, 1.165) is 25.2 Å². The highest BCUT2D eigenvalue weighted by atomic mass is 16.5. The third kappa shape index (κ3) is 5.50. The maximum absolute atomic E-state index is 12.4. The largest absolute Gasteiger partial charge is 0.491 e. The molecule has 1 aromatic rings. The smallest absolute Gasteiger partial charge is 0.409 e. The fourth-order valence-electron chi connectivity index (χ4n) is 3.19. The third-order valence-corrected chi connectivity index (χ3v) is 4.82. The van der Waals surface area contributed by atoms with Crippen LogP contribution in [0.1, 0.15) is 19.3 Å². The Kier molecular flexibility index (Phi) is 6.75. The van der Waals surface area contributed by atoms with Gasteiger partial charge in [0.15, 0.2) is 0 Å². The number of carbonyl (C=O) groups excluding carboxylic acids is 2. The van der Waals surface area contributed by atoms with Crippen molar-refractivity contribution in [3.63, 3.8) is 0 Å². The maximum atomic E-state index is 12.4. The molecule has 0 aliphatic carbocycles. The van der Waals surface area contributed by atoms with Crippen molar-refractivity contribution in [3.8, 4) is 5.75 Å². The van der Waals surface area contributed by atoms with Crippen LogP contribution in [0.4, 0.5) is 15.3 Å². The van der Waals surface area contributed by atoms with Gasteiger partial charge in [-0.05, 0) is 43.5 Å². The first-order chi connectivity index (χ1) is 13.2. The molecular formula is C19H27N3O5. The van der Waals surface area contributed by atoms with Crippen LogP contribution in [-0.2, 0) is 9.47 Å². The van der Waals surface area contributed by atoms with Gasteiger partial charge in [-0.15, -0.1) is 0 Å². The second kappa shape index (κ2) is 9.45. The first-order valence-corrected chi connectivity index (χ1v) is 9.39. The van der Waals surface area contributed by atoms with Crippen molar-refractivity contribution < 1.29 is 23.8 Å². The molecule has 2 heterocycles. The maximum Gasteiger partial charge on any atom is 0.409 e. The molecule has 0 aromatic heterocycles. The van der Waals surface area contributed by atoms with Crippen molar-refractivity contribution in [3.05, 3.63) is 24.3 Å². The van der Waals surface area contributed by atoms with Gasteiger partial charge in [0.1, 0.15) is 12.4 Å². The lowest BCUT2D eigenvalue weighted by molar-refractivity contribution is -0.0110. The van der Waals surface area contributed by atoms with Gasteiger partial charge in [-0.25, -0.2) is 9.59 Å². The van der Waals surface area contributed by atoms with Gasteiger partial charge in [0.25, 0.3) is 0 Å². The third-order valence-electron chi connectivity index (χ3n) is 4.82. The lowest BCUT2D eigenvalue weighted by atomic mass is 10.1. The summed E-state index contributed by atoms with van der Waals surface area (Å²) in [6, 6.07) is 7.14. The molecule has 27 heavy (non-hydrogen) atoms. The van der Waals surface area contributed by atoms with Crippen molar-refractivity contribution in [1.29, 1.82) is 0 Å². The van der Waals surface area contributed by atoms with Gasteiger partial charge in [-0.1, -0.05) is 0 Å². The van der Waals surface area contributed by atoms with Crippen LogP contribution in [0.15, 0.2) is 24.3 Å². The minimum Gasteiger partial charge on any atom is -0.491 e. The zero-order chi connectivity index (χ0) is 19.1. The van der Waals surface area contributed by atoms with E-state index in [4.69, 9.17) is 14.2 Å². The van der Waals surface area contributed by atoms with Crippen LogP contribution in [0.25, 0.3) is 0 Å². The second-order valence-electron chi connectivity index (χ2n) is 6.70. The Labute approximate surface area is 159 Å². The van der Waals surface area contributed by atoms with Crippen LogP contribution in [0.5, 0.6) is 5.75 Å². The predicted molar refractivity (Wildman–Crippen MR) is 100 cm³/mol. The molecule has 0 spiro atoms. The lowest BCUT2D eigenvalue weighted by Crippen LogP contribution is -2.51. The molecule has 8 heteroatoms. The van der Waals surface area contributed by atoms with Crippen LogP contribution in [0, 0.1) is 0 Å². The number of carbonyl (C=O) groups is 2. The fraction of sp³-hybridized carbons (Fsp3) is 0.579. The number of ether oxygens (including phenoxy) is 3. The van der Waals surface area contributed by atoms with Crippen LogP contribution in [0.3, 0.4) is 0 Å². The van der Waals surface area contributed by atoms with E-state index in [0.29, 0.717) is 38.5 Å². The molecule has 2 saturated heterocycles. The molecule has 0 saturated carbocycles. The molecule has 0 unspecified atom stereocenters. The number of hydrogen-bond donors (Lipinski definition) is 1. The van der Waals surface area contributed by atoms with Gasteiger partial charge in [0.2, 0.25) is 0 Å². The summed E-state index contributed by atoms with van der Waals surface area (Å²) in [4.78, 5) is 27.1. The number of nitrogens with one attached hydrogen (secondary N) is 1. The molecule has 2 fully saturated rings. The SMILES string of the molecule is COC(=O)N1CCN(C(=O)Nc2ccc(OC[C@@H]3CCCCO3)cc2)CC1. The number of hydrogen-bond acceptors (Lipinski definition) is 5. The number of nitrogens with zero attached hydrogens (tertiary/aromatic N) is 2. The molecule has 0 bridgehead atoms. The van der Waals surface area contributed by atoms with E-state index >= 15 is 0 Å².